The molecular formula is C15H14O2S. The van der Waals surface area contributed by atoms with Gasteiger partial charge in [-0.15, -0.1) is 11.3 Å². The Hall–Kier alpha value is -1.87. The first kappa shape index (κ1) is 12.6. The van der Waals surface area contributed by atoms with Crippen molar-refractivity contribution >= 4 is 29.0 Å². The molecule has 0 radical (unpaired) electrons. The Labute approximate surface area is 110 Å². The van der Waals surface area contributed by atoms with Crippen LogP contribution < -0.4 is 0 Å². The van der Waals surface area contributed by atoms with E-state index in [-0.39, 0.29) is 0 Å². The molecule has 92 valence electrons. The molecule has 0 aliphatic rings. The summed E-state index contributed by atoms with van der Waals surface area (Å²) in [4.78, 5) is 12.4. The smallest absolute Gasteiger partial charge is 0.336 e. The fourth-order valence-electron chi connectivity index (χ4n) is 1.80. The van der Waals surface area contributed by atoms with Gasteiger partial charge in [-0.1, -0.05) is 24.3 Å². The number of hydrogen-bond donors (Lipinski definition) is 1. The number of carbonyl (C=O) groups is 1. The Kier molecular flexibility index (Phi) is 3.63. The Bertz CT molecular complexity index is 608. The molecule has 0 saturated carbocycles. The predicted octanol–water partition coefficient (Wildman–Crippen LogP) is 3.99. The zero-order chi connectivity index (χ0) is 13.1. The highest BCUT2D eigenvalue weighted by atomic mass is 32.1. The van der Waals surface area contributed by atoms with Gasteiger partial charge in [0.1, 0.15) is 0 Å². The third kappa shape index (κ3) is 2.68. The van der Waals surface area contributed by atoms with Gasteiger partial charge in [-0.05, 0) is 48.1 Å². The van der Waals surface area contributed by atoms with Crippen LogP contribution in [0.25, 0.3) is 11.6 Å². The first-order valence-corrected chi connectivity index (χ1v) is 6.52. The second kappa shape index (κ2) is 5.19. The highest BCUT2D eigenvalue weighted by molar-refractivity contribution is 7.11. The first-order chi connectivity index (χ1) is 8.58. The third-order valence-corrected chi connectivity index (χ3v) is 3.70. The van der Waals surface area contributed by atoms with E-state index < -0.39 is 5.97 Å². The maximum absolute atomic E-state index is 11.4. The van der Waals surface area contributed by atoms with Gasteiger partial charge in [0.2, 0.25) is 0 Å². The fraction of sp³-hybridized carbons (Fsp3) is 0.133. The number of rotatable bonds is 3. The van der Waals surface area contributed by atoms with Crippen LogP contribution in [0.5, 0.6) is 0 Å². The lowest BCUT2D eigenvalue weighted by atomic mass is 10.00. The average Bonchev–Trinajstić information content (AvgIpc) is 2.73. The van der Waals surface area contributed by atoms with Crippen molar-refractivity contribution in [1.82, 2.24) is 0 Å². The average molecular weight is 258 g/mol. The van der Waals surface area contributed by atoms with Crippen molar-refractivity contribution in [3.05, 3.63) is 57.3 Å². The molecule has 1 N–H and O–H groups in total. The molecule has 0 spiro atoms. The number of carboxylic acids is 1. The number of aryl methyl sites for hydroxylation is 2. The summed E-state index contributed by atoms with van der Waals surface area (Å²) in [6.45, 7) is 3.92. The Balaban J connectivity index is 2.50. The molecule has 0 aliphatic heterocycles. The molecule has 0 fully saturated rings. The van der Waals surface area contributed by atoms with E-state index in [0.29, 0.717) is 5.57 Å². The lowest BCUT2D eigenvalue weighted by Gasteiger charge is -2.05. The molecule has 2 nitrogen and oxygen atoms in total. The molecule has 1 aromatic heterocycles. The highest BCUT2D eigenvalue weighted by Gasteiger charge is 2.12. The minimum absolute atomic E-state index is 0.343. The van der Waals surface area contributed by atoms with Gasteiger partial charge >= 0.3 is 5.97 Å². The van der Waals surface area contributed by atoms with Crippen molar-refractivity contribution in [2.45, 2.75) is 13.8 Å². The summed E-state index contributed by atoms with van der Waals surface area (Å²) in [5.41, 5.74) is 3.24. The van der Waals surface area contributed by atoms with Gasteiger partial charge in [0.05, 0.1) is 5.57 Å². The number of benzene rings is 1. The largest absolute Gasteiger partial charge is 0.478 e. The van der Waals surface area contributed by atoms with Crippen LogP contribution in [-0.4, -0.2) is 11.1 Å². The molecule has 0 atom stereocenters. The van der Waals surface area contributed by atoms with Crippen LogP contribution in [0.3, 0.4) is 0 Å². The van der Waals surface area contributed by atoms with Gasteiger partial charge in [0, 0.05) is 4.88 Å². The molecule has 0 saturated heterocycles. The lowest BCUT2D eigenvalue weighted by Crippen LogP contribution is -2.01. The quantitative estimate of drug-likeness (QED) is 0.845. The summed E-state index contributed by atoms with van der Waals surface area (Å²) < 4.78 is 0. The second-order valence-corrected chi connectivity index (χ2v) is 5.15. The number of carboxylic acid groups (broad SMARTS) is 1. The fourth-order valence-corrected chi connectivity index (χ4v) is 2.63. The number of thiophene rings is 1. The van der Waals surface area contributed by atoms with Gasteiger partial charge in [0.25, 0.3) is 0 Å². The van der Waals surface area contributed by atoms with E-state index in [1.165, 1.54) is 0 Å². The summed E-state index contributed by atoms with van der Waals surface area (Å²) in [5, 5.41) is 11.4. The van der Waals surface area contributed by atoms with Crippen molar-refractivity contribution < 1.29 is 9.90 Å². The van der Waals surface area contributed by atoms with E-state index in [4.69, 9.17) is 0 Å². The van der Waals surface area contributed by atoms with Crippen LogP contribution >= 0.6 is 11.3 Å². The third-order valence-electron chi connectivity index (χ3n) is 2.70. The molecule has 0 amide bonds. The zero-order valence-corrected chi connectivity index (χ0v) is 11.1. The van der Waals surface area contributed by atoms with Crippen LogP contribution in [0.1, 0.15) is 21.6 Å². The summed E-state index contributed by atoms with van der Waals surface area (Å²) in [6.07, 6.45) is 1.74. The van der Waals surface area contributed by atoms with Gasteiger partial charge < -0.3 is 5.11 Å². The molecule has 3 heteroatoms. The molecule has 2 aromatic rings. The SMILES string of the molecule is Cc1csc(C=C(C(=O)O)c2ccccc2C)c1. The molecule has 1 heterocycles. The summed E-state index contributed by atoms with van der Waals surface area (Å²) in [7, 11) is 0. The number of hydrogen-bond acceptors (Lipinski definition) is 2. The van der Waals surface area contributed by atoms with Crippen molar-refractivity contribution in [1.29, 1.82) is 0 Å². The predicted molar refractivity (Wildman–Crippen MR) is 75.7 cm³/mol. The van der Waals surface area contributed by atoms with Crippen LogP contribution in [0.2, 0.25) is 0 Å². The summed E-state index contributed by atoms with van der Waals surface area (Å²) in [6, 6.07) is 9.53. The van der Waals surface area contributed by atoms with Crippen LogP contribution in [-0.2, 0) is 4.79 Å². The molecule has 1 aromatic carbocycles. The Morgan fingerprint density at radius 1 is 1.28 bits per heavy atom. The van der Waals surface area contributed by atoms with E-state index in [0.717, 1.165) is 21.6 Å². The molecular weight excluding hydrogens is 244 g/mol. The van der Waals surface area contributed by atoms with Gasteiger partial charge in [-0.25, -0.2) is 4.79 Å². The van der Waals surface area contributed by atoms with Gasteiger partial charge in [-0.2, -0.15) is 0 Å². The van der Waals surface area contributed by atoms with E-state index in [2.05, 4.69) is 0 Å². The standard InChI is InChI=1S/C15H14O2S/c1-10-7-12(18-9-10)8-14(15(16)17)13-6-4-3-5-11(13)2/h3-9H,1-2H3,(H,16,17). The minimum Gasteiger partial charge on any atom is -0.478 e. The number of aliphatic carboxylic acids is 1. The Morgan fingerprint density at radius 2 is 2.00 bits per heavy atom. The van der Waals surface area contributed by atoms with Crippen molar-refractivity contribution in [3.8, 4) is 0 Å². The van der Waals surface area contributed by atoms with E-state index in [1.54, 1.807) is 17.4 Å². The van der Waals surface area contributed by atoms with Crippen LogP contribution in [0.4, 0.5) is 0 Å². The van der Waals surface area contributed by atoms with Gasteiger partial charge in [-0.3, -0.25) is 0 Å². The maximum Gasteiger partial charge on any atom is 0.336 e. The molecule has 2 rings (SSSR count). The zero-order valence-electron chi connectivity index (χ0n) is 10.3. The van der Waals surface area contributed by atoms with Crippen LogP contribution in [0, 0.1) is 13.8 Å². The highest BCUT2D eigenvalue weighted by Crippen LogP contribution is 2.24. The Morgan fingerprint density at radius 3 is 2.56 bits per heavy atom. The minimum atomic E-state index is -0.893. The lowest BCUT2D eigenvalue weighted by molar-refractivity contribution is -0.130. The van der Waals surface area contributed by atoms with Crippen LogP contribution in [0.15, 0.2) is 35.7 Å². The summed E-state index contributed by atoms with van der Waals surface area (Å²) in [5.74, 6) is -0.893. The van der Waals surface area contributed by atoms with E-state index in [9.17, 15) is 9.90 Å². The molecule has 0 aliphatic carbocycles. The van der Waals surface area contributed by atoms with E-state index in [1.807, 2.05) is 49.6 Å². The molecule has 18 heavy (non-hydrogen) atoms. The molecule has 0 unspecified atom stereocenters. The monoisotopic (exact) mass is 258 g/mol. The van der Waals surface area contributed by atoms with Crippen molar-refractivity contribution in [2.24, 2.45) is 0 Å². The van der Waals surface area contributed by atoms with E-state index >= 15 is 0 Å². The second-order valence-electron chi connectivity index (χ2n) is 4.20. The molecule has 0 bridgehead atoms. The van der Waals surface area contributed by atoms with Gasteiger partial charge in [0.15, 0.2) is 0 Å². The topological polar surface area (TPSA) is 37.3 Å². The first-order valence-electron chi connectivity index (χ1n) is 5.64. The normalized spacial score (nSPS) is 11.6. The maximum atomic E-state index is 11.4. The summed E-state index contributed by atoms with van der Waals surface area (Å²) >= 11 is 1.56. The van der Waals surface area contributed by atoms with Crippen molar-refractivity contribution in [2.75, 3.05) is 0 Å². The van der Waals surface area contributed by atoms with Crippen molar-refractivity contribution in [3.63, 3.8) is 0 Å².